The van der Waals surface area contributed by atoms with Crippen molar-refractivity contribution in [3.05, 3.63) is 40.7 Å². The molecule has 0 saturated carbocycles. The zero-order valence-corrected chi connectivity index (χ0v) is 14.2. The van der Waals surface area contributed by atoms with E-state index >= 15 is 0 Å². The molecule has 0 fully saturated rings. The van der Waals surface area contributed by atoms with Crippen molar-refractivity contribution in [2.45, 2.75) is 26.8 Å². The molecular weight excluding hydrogens is 316 g/mol. The SMILES string of the molecule is COc1cc(Cl)c(C)cc1Nc1nccc(C(=O)NC(C)C)n1. The van der Waals surface area contributed by atoms with E-state index in [0.29, 0.717) is 28.1 Å². The Bertz CT molecular complexity index is 719. The van der Waals surface area contributed by atoms with Crippen LogP contribution in [0.3, 0.4) is 0 Å². The number of ether oxygens (including phenoxy) is 1. The molecule has 1 aromatic heterocycles. The second-order valence-corrected chi connectivity index (χ2v) is 5.73. The van der Waals surface area contributed by atoms with Crippen molar-refractivity contribution in [3.63, 3.8) is 0 Å². The maximum absolute atomic E-state index is 12.0. The van der Waals surface area contributed by atoms with E-state index in [0.717, 1.165) is 5.56 Å². The van der Waals surface area contributed by atoms with Gasteiger partial charge in [-0.1, -0.05) is 11.6 Å². The molecule has 23 heavy (non-hydrogen) atoms. The second-order valence-electron chi connectivity index (χ2n) is 5.32. The van der Waals surface area contributed by atoms with Crippen LogP contribution < -0.4 is 15.4 Å². The van der Waals surface area contributed by atoms with E-state index in [4.69, 9.17) is 16.3 Å². The molecule has 1 amide bonds. The van der Waals surface area contributed by atoms with E-state index < -0.39 is 0 Å². The van der Waals surface area contributed by atoms with Crippen LogP contribution in [0.1, 0.15) is 29.9 Å². The second kappa shape index (κ2) is 7.28. The van der Waals surface area contributed by atoms with Crippen LogP contribution in [-0.4, -0.2) is 29.0 Å². The summed E-state index contributed by atoms with van der Waals surface area (Å²) < 4.78 is 5.30. The average Bonchev–Trinajstić information content (AvgIpc) is 2.50. The van der Waals surface area contributed by atoms with Crippen molar-refractivity contribution in [3.8, 4) is 5.75 Å². The van der Waals surface area contributed by atoms with Gasteiger partial charge in [0.1, 0.15) is 11.4 Å². The number of rotatable bonds is 5. The van der Waals surface area contributed by atoms with E-state index in [1.165, 1.54) is 6.20 Å². The van der Waals surface area contributed by atoms with Gasteiger partial charge in [0.15, 0.2) is 0 Å². The molecule has 0 spiro atoms. The molecule has 0 unspecified atom stereocenters. The Morgan fingerprint density at radius 3 is 2.74 bits per heavy atom. The maximum Gasteiger partial charge on any atom is 0.270 e. The van der Waals surface area contributed by atoms with E-state index in [1.54, 1.807) is 19.2 Å². The van der Waals surface area contributed by atoms with Gasteiger partial charge in [-0.3, -0.25) is 4.79 Å². The van der Waals surface area contributed by atoms with Crippen LogP contribution >= 0.6 is 11.6 Å². The number of hydrogen-bond donors (Lipinski definition) is 2. The summed E-state index contributed by atoms with van der Waals surface area (Å²) in [7, 11) is 1.56. The molecule has 6 nitrogen and oxygen atoms in total. The predicted molar refractivity (Wildman–Crippen MR) is 90.7 cm³/mol. The van der Waals surface area contributed by atoms with Gasteiger partial charge >= 0.3 is 0 Å². The number of anilines is 2. The minimum atomic E-state index is -0.246. The molecule has 2 rings (SSSR count). The number of amides is 1. The van der Waals surface area contributed by atoms with Crippen LogP contribution in [0.2, 0.25) is 5.02 Å². The standard InChI is InChI=1S/C16H19ClN4O2/c1-9(2)19-15(22)12-5-6-18-16(20-12)21-13-7-10(3)11(17)8-14(13)23-4/h5-9H,1-4H3,(H,19,22)(H,18,20,21). The monoisotopic (exact) mass is 334 g/mol. The van der Waals surface area contributed by atoms with Crippen molar-refractivity contribution >= 4 is 29.1 Å². The molecule has 2 aromatic rings. The van der Waals surface area contributed by atoms with Gasteiger partial charge in [-0.05, 0) is 38.5 Å². The lowest BCUT2D eigenvalue weighted by atomic mass is 10.2. The summed E-state index contributed by atoms with van der Waals surface area (Å²) in [4.78, 5) is 20.4. The van der Waals surface area contributed by atoms with Crippen molar-refractivity contribution in [1.29, 1.82) is 0 Å². The Balaban J connectivity index is 2.27. The lowest BCUT2D eigenvalue weighted by Crippen LogP contribution is -2.30. The zero-order valence-electron chi connectivity index (χ0n) is 13.5. The molecule has 1 heterocycles. The third-order valence-corrected chi connectivity index (χ3v) is 3.44. The quantitative estimate of drug-likeness (QED) is 0.877. The van der Waals surface area contributed by atoms with Crippen LogP contribution in [0.5, 0.6) is 5.75 Å². The van der Waals surface area contributed by atoms with Gasteiger partial charge in [0.2, 0.25) is 5.95 Å². The lowest BCUT2D eigenvalue weighted by molar-refractivity contribution is 0.0938. The maximum atomic E-state index is 12.0. The fourth-order valence-electron chi connectivity index (χ4n) is 1.93. The molecule has 0 aliphatic rings. The van der Waals surface area contributed by atoms with E-state index in [9.17, 15) is 4.79 Å². The Hall–Kier alpha value is -2.34. The first-order valence-corrected chi connectivity index (χ1v) is 7.53. The molecule has 2 N–H and O–H groups in total. The fraction of sp³-hybridized carbons (Fsp3) is 0.312. The number of methoxy groups -OCH3 is 1. The summed E-state index contributed by atoms with van der Waals surface area (Å²) in [6, 6.07) is 5.15. The number of hydrogen-bond acceptors (Lipinski definition) is 5. The van der Waals surface area contributed by atoms with Gasteiger partial charge in [-0.15, -0.1) is 0 Å². The van der Waals surface area contributed by atoms with Gasteiger partial charge in [0.05, 0.1) is 12.8 Å². The summed E-state index contributed by atoms with van der Waals surface area (Å²) >= 11 is 6.09. The van der Waals surface area contributed by atoms with Crippen LogP contribution in [0.4, 0.5) is 11.6 Å². The van der Waals surface area contributed by atoms with Gasteiger partial charge in [-0.2, -0.15) is 0 Å². The van der Waals surface area contributed by atoms with E-state index in [2.05, 4.69) is 20.6 Å². The first kappa shape index (κ1) is 17.0. The van der Waals surface area contributed by atoms with Gasteiger partial charge in [0.25, 0.3) is 5.91 Å². The third kappa shape index (κ3) is 4.32. The van der Waals surface area contributed by atoms with Gasteiger partial charge < -0.3 is 15.4 Å². The van der Waals surface area contributed by atoms with Crippen LogP contribution in [0.25, 0.3) is 0 Å². The first-order valence-electron chi connectivity index (χ1n) is 7.15. The number of halogens is 1. The Morgan fingerprint density at radius 2 is 2.09 bits per heavy atom. The topological polar surface area (TPSA) is 76.1 Å². The van der Waals surface area contributed by atoms with Crippen molar-refractivity contribution in [1.82, 2.24) is 15.3 Å². The van der Waals surface area contributed by atoms with E-state index in [-0.39, 0.29) is 11.9 Å². The molecule has 0 radical (unpaired) electrons. The number of carbonyl (C=O) groups is 1. The highest BCUT2D eigenvalue weighted by molar-refractivity contribution is 6.31. The minimum Gasteiger partial charge on any atom is -0.495 e. The van der Waals surface area contributed by atoms with Crippen molar-refractivity contribution < 1.29 is 9.53 Å². The fourth-order valence-corrected chi connectivity index (χ4v) is 2.09. The van der Waals surface area contributed by atoms with Crippen LogP contribution in [-0.2, 0) is 0 Å². The Morgan fingerprint density at radius 1 is 1.35 bits per heavy atom. The highest BCUT2D eigenvalue weighted by atomic mass is 35.5. The summed E-state index contributed by atoms with van der Waals surface area (Å²) in [5.74, 6) is 0.632. The molecule has 0 aliphatic heterocycles. The Labute approximate surface area is 140 Å². The molecule has 122 valence electrons. The number of aromatic nitrogens is 2. The van der Waals surface area contributed by atoms with Gasteiger partial charge in [-0.25, -0.2) is 9.97 Å². The summed E-state index contributed by atoms with van der Waals surface area (Å²) in [6.07, 6.45) is 1.53. The highest BCUT2D eigenvalue weighted by Gasteiger charge is 2.12. The molecule has 0 bridgehead atoms. The highest BCUT2D eigenvalue weighted by Crippen LogP contribution is 2.32. The smallest absolute Gasteiger partial charge is 0.270 e. The number of aryl methyl sites for hydroxylation is 1. The number of benzene rings is 1. The minimum absolute atomic E-state index is 0.0351. The molecule has 1 aromatic carbocycles. The van der Waals surface area contributed by atoms with Crippen LogP contribution in [0, 0.1) is 6.92 Å². The largest absolute Gasteiger partial charge is 0.495 e. The normalized spacial score (nSPS) is 10.5. The Kier molecular flexibility index (Phi) is 5.39. The molecular formula is C16H19ClN4O2. The molecule has 7 heteroatoms. The number of nitrogens with one attached hydrogen (secondary N) is 2. The zero-order chi connectivity index (χ0) is 17.0. The van der Waals surface area contributed by atoms with Crippen molar-refractivity contribution in [2.24, 2.45) is 0 Å². The average molecular weight is 335 g/mol. The number of carbonyl (C=O) groups excluding carboxylic acids is 1. The van der Waals surface area contributed by atoms with Crippen LogP contribution in [0.15, 0.2) is 24.4 Å². The summed E-state index contributed by atoms with van der Waals surface area (Å²) in [5, 5.41) is 6.45. The predicted octanol–water partition coefficient (Wildman–Crippen LogP) is 3.33. The molecule has 0 atom stereocenters. The molecule has 0 aliphatic carbocycles. The first-order chi connectivity index (χ1) is 10.9. The van der Waals surface area contributed by atoms with E-state index in [1.807, 2.05) is 26.8 Å². The van der Waals surface area contributed by atoms with Crippen molar-refractivity contribution in [2.75, 3.05) is 12.4 Å². The molecule has 0 saturated heterocycles. The number of nitrogens with zero attached hydrogens (tertiary/aromatic N) is 2. The van der Waals surface area contributed by atoms with Gasteiger partial charge in [0, 0.05) is 23.3 Å². The summed E-state index contributed by atoms with van der Waals surface area (Å²) in [5.41, 5.74) is 1.86. The lowest BCUT2D eigenvalue weighted by Gasteiger charge is -2.13. The third-order valence-electron chi connectivity index (χ3n) is 3.04. The summed E-state index contributed by atoms with van der Waals surface area (Å²) in [6.45, 7) is 5.67.